The van der Waals surface area contributed by atoms with E-state index in [2.05, 4.69) is 35.8 Å². The Morgan fingerprint density at radius 1 is 1.07 bits per heavy atom. The molecule has 0 spiro atoms. The molecule has 0 aliphatic carbocycles. The standard InChI is InChI=1S/C30H32F3N7O3/c1-19-26(12-22(14-35-19)36-29(41)20-4-5-28(43-3)25(11-20)30(31,32)33)39-17-27-21-10-23(15-34-13-21)38-8-6-37(7-9-38)16-24(18-42-2)40(27)39/h4-5,10-15,17,24H,6-9,16,18H2,1-3H3,(H,36,41). The number of halogens is 3. The molecule has 0 saturated carbocycles. The van der Waals surface area contributed by atoms with Gasteiger partial charge in [-0.2, -0.15) is 13.2 Å². The van der Waals surface area contributed by atoms with E-state index in [1.807, 2.05) is 30.2 Å². The minimum atomic E-state index is -4.67. The number of hydrogen-bond acceptors (Lipinski definition) is 7. The molecular weight excluding hydrogens is 563 g/mol. The number of carbonyl (C=O) groups excluding carboxylic acids is 1. The SMILES string of the molecule is COCC1CN2CCN(CC2)c2cncc(c2)-c2cn(-c3cc(NC(=O)c4ccc(OC)c(C(F)(F)F)c4)cnc3C)n21. The maximum atomic E-state index is 13.5. The van der Waals surface area contributed by atoms with Crippen LogP contribution in [-0.4, -0.2) is 83.7 Å². The van der Waals surface area contributed by atoms with Crippen molar-refractivity contribution >= 4 is 17.3 Å². The summed E-state index contributed by atoms with van der Waals surface area (Å²) < 4.78 is 55.3. The molecule has 1 aromatic carbocycles. The summed E-state index contributed by atoms with van der Waals surface area (Å²) in [7, 11) is 2.84. The minimum absolute atomic E-state index is 0.0314. The summed E-state index contributed by atoms with van der Waals surface area (Å²) in [6.45, 7) is 6.78. The smallest absolute Gasteiger partial charge is 0.419 e. The van der Waals surface area contributed by atoms with Gasteiger partial charge < -0.3 is 19.7 Å². The predicted molar refractivity (Wildman–Crippen MR) is 155 cm³/mol. The quantitative estimate of drug-likeness (QED) is 0.347. The van der Waals surface area contributed by atoms with Crippen LogP contribution in [0.1, 0.15) is 27.7 Å². The average molecular weight is 596 g/mol. The molecule has 3 aliphatic rings. The van der Waals surface area contributed by atoms with Crippen LogP contribution < -0.4 is 15.0 Å². The lowest BCUT2D eigenvalue weighted by Crippen LogP contribution is -2.48. The number of methoxy groups -OCH3 is 2. The van der Waals surface area contributed by atoms with Crippen LogP contribution in [0.2, 0.25) is 0 Å². The second-order valence-electron chi connectivity index (χ2n) is 10.7. The third-order valence-electron chi connectivity index (χ3n) is 7.99. The lowest BCUT2D eigenvalue weighted by molar-refractivity contribution is -0.138. The molecule has 4 aromatic rings. The summed E-state index contributed by atoms with van der Waals surface area (Å²) in [6, 6.07) is 7.10. The molecule has 226 valence electrons. The average Bonchev–Trinajstić information content (AvgIpc) is 2.99. The van der Waals surface area contributed by atoms with Crippen molar-refractivity contribution in [2.75, 3.05) is 63.8 Å². The Morgan fingerprint density at radius 3 is 2.58 bits per heavy atom. The van der Waals surface area contributed by atoms with Gasteiger partial charge in [0.2, 0.25) is 0 Å². The Hall–Kier alpha value is -4.36. The minimum Gasteiger partial charge on any atom is -0.496 e. The van der Waals surface area contributed by atoms with Crippen molar-refractivity contribution in [2.45, 2.75) is 19.1 Å². The molecule has 43 heavy (non-hydrogen) atoms. The molecule has 1 N–H and O–H groups in total. The van der Waals surface area contributed by atoms with Crippen LogP contribution in [0, 0.1) is 6.92 Å². The highest BCUT2D eigenvalue weighted by Crippen LogP contribution is 2.37. The van der Waals surface area contributed by atoms with Gasteiger partial charge in [-0.1, -0.05) is 0 Å². The van der Waals surface area contributed by atoms with Crippen LogP contribution in [0.25, 0.3) is 16.9 Å². The number of hydrogen-bond donors (Lipinski definition) is 1. The number of aromatic nitrogens is 4. The zero-order valence-electron chi connectivity index (χ0n) is 24.1. The number of nitrogens with zero attached hydrogens (tertiary/aromatic N) is 6. The zero-order valence-corrected chi connectivity index (χ0v) is 24.1. The number of carbonyl (C=O) groups is 1. The van der Waals surface area contributed by atoms with E-state index in [1.165, 1.54) is 12.3 Å². The maximum Gasteiger partial charge on any atom is 0.419 e. The highest BCUT2D eigenvalue weighted by atomic mass is 19.4. The molecule has 10 nitrogen and oxygen atoms in total. The summed E-state index contributed by atoms with van der Waals surface area (Å²) in [6.07, 6.45) is 2.56. The van der Waals surface area contributed by atoms with E-state index in [1.54, 1.807) is 13.2 Å². The molecular formula is C30H32F3N7O3. The fourth-order valence-corrected chi connectivity index (χ4v) is 5.78. The Balaban J connectivity index is 1.36. The number of piperazine rings is 1. The van der Waals surface area contributed by atoms with E-state index in [0.717, 1.165) is 74.6 Å². The summed E-state index contributed by atoms with van der Waals surface area (Å²) >= 11 is 0. The normalized spacial score (nSPS) is 18.2. The predicted octanol–water partition coefficient (Wildman–Crippen LogP) is 4.65. The fourth-order valence-electron chi connectivity index (χ4n) is 5.78. The number of alkyl halides is 3. The topological polar surface area (TPSA) is 89.7 Å². The highest BCUT2D eigenvalue weighted by Gasteiger charge is 2.35. The van der Waals surface area contributed by atoms with E-state index in [-0.39, 0.29) is 17.4 Å². The van der Waals surface area contributed by atoms with E-state index in [0.29, 0.717) is 18.0 Å². The molecule has 4 bridgehead atoms. The fraction of sp³-hybridized carbons (Fsp3) is 0.367. The molecule has 3 aliphatic heterocycles. The number of benzene rings is 1. The molecule has 1 amide bonds. The van der Waals surface area contributed by atoms with Gasteiger partial charge in [0, 0.05) is 57.2 Å². The van der Waals surface area contributed by atoms with Crippen LogP contribution in [0.15, 0.2) is 55.1 Å². The number of anilines is 2. The molecule has 6 heterocycles. The third kappa shape index (κ3) is 5.57. The van der Waals surface area contributed by atoms with Gasteiger partial charge in [-0.15, -0.1) is 0 Å². The molecule has 0 radical (unpaired) electrons. The van der Waals surface area contributed by atoms with Crippen molar-refractivity contribution in [3.63, 3.8) is 0 Å². The Morgan fingerprint density at radius 2 is 1.86 bits per heavy atom. The van der Waals surface area contributed by atoms with Gasteiger partial charge in [-0.3, -0.25) is 29.0 Å². The van der Waals surface area contributed by atoms with Gasteiger partial charge >= 0.3 is 6.18 Å². The second-order valence-corrected chi connectivity index (χ2v) is 10.7. The number of ether oxygens (including phenoxy) is 2. The monoisotopic (exact) mass is 595 g/mol. The Kier molecular flexibility index (Phi) is 7.61. The van der Waals surface area contributed by atoms with Gasteiger partial charge in [-0.05, 0) is 37.3 Å². The van der Waals surface area contributed by atoms with Gasteiger partial charge in [0.05, 0.1) is 72.4 Å². The number of fused-ring (bicyclic) bond motifs is 3. The van der Waals surface area contributed by atoms with Crippen LogP contribution >= 0.6 is 0 Å². The molecule has 7 rings (SSSR count). The first-order valence-corrected chi connectivity index (χ1v) is 13.9. The van der Waals surface area contributed by atoms with E-state index in [9.17, 15) is 18.0 Å². The third-order valence-corrected chi connectivity index (χ3v) is 7.99. The lowest BCUT2D eigenvalue weighted by atomic mass is 10.1. The maximum absolute atomic E-state index is 13.5. The lowest BCUT2D eigenvalue weighted by Gasteiger charge is -2.38. The summed E-state index contributed by atoms with van der Waals surface area (Å²) in [5.74, 6) is -1.05. The number of nitrogens with one attached hydrogen (secondary N) is 1. The first-order chi connectivity index (χ1) is 20.7. The van der Waals surface area contributed by atoms with Crippen LogP contribution in [0.3, 0.4) is 0 Å². The van der Waals surface area contributed by atoms with Gasteiger partial charge in [0.15, 0.2) is 0 Å². The summed E-state index contributed by atoms with van der Waals surface area (Å²) in [5, 5.41) is 2.70. The molecule has 1 fully saturated rings. The number of rotatable bonds is 6. The number of pyridine rings is 2. The van der Waals surface area contributed by atoms with Crippen LogP contribution in [-0.2, 0) is 10.9 Å². The summed E-state index contributed by atoms with van der Waals surface area (Å²) in [4.78, 5) is 26.9. The van der Waals surface area contributed by atoms with Crippen molar-refractivity contribution in [1.82, 2.24) is 24.2 Å². The number of aryl methyl sites for hydroxylation is 1. The molecule has 1 saturated heterocycles. The molecule has 1 atom stereocenters. The van der Waals surface area contributed by atoms with Crippen molar-refractivity contribution in [1.29, 1.82) is 0 Å². The molecule has 1 unspecified atom stereocenters. The second kappa shape index (κ2) is 11.4. The van der Waals surface area contributed by atoms with E-state index in [4.69, 9.17) is 9.47 Å². The highest BCUT2D eigenvalue weighted by molar-refractivity contribution is 6.04. The van der Waals surface area contributed by atoms with Crippen molar-refractivity contribution in [3.8, 4) is 22.7 Å². The first-order valence-electron chi connectivity index (χ1n) is 13.9. The molecule has 13 heteroatoms. The summed E-state index contributed by atoms with van der Waals surface area (Å²) in [5.41, 5.74) is 3.63. The van der Waals surface area contributed by atoms with Crippen molar-refractivity contribution in [3.05, 3.63) is 71.9 Å². The van der Waals surface area contributed by atoms with E-state index < -0.39 is 17.6 Å². The van der Waals surface area contributed by atoms with Crippen molar-refractivity contribution < 1.29 is 27.4 Å². The van der Waals surface area contributed by atoms with Gasteiger partial charge in [0.1, 0.15) is 5.75 Å². The van der Waals surface area contributed by atoms with Gasteiger partial charge in [0.25, 0.3) is 5.91 Å². The first kappa shape index (κ1) is 28.7. The Bertz CT molecular complexity index is 1640. The Labute approximate surface area is 246 Å². The molecule has 3 aromatic heterocycles. The zero-order chi connectivity index (χ0) is 30.3. The number of amides is 1. The van der Waals surface area contributed by atoms with Crippen molar-refractivity contribution in [2.24, 2.45) is 0 Å². The largest absolute Gasteiger partial charge is 0.496 e. The van der Waals surface area contributed by atoms with Crippen LogP contribution in [0.5, 0.6) is 5.75 Å². The van der Waals surface area contributed by atoms with E-state index >= 15 is 0 Å². The van der Waals surface area contributed by atoms with Gasteiger partial charge in [-0.25, -0.2) is 0 Å². The van der Waals surface area contributed by atoms with Crippen LogP contribution in [0.4, 0.5) is 24.5 Å².